The van der Waals surface area contributed by atoms with Crippen molar-refractivity contribution in [3.63, 3.8) is 0 Å². The third kappa shape index (κ3) is 4.55. The summed E-state index contributed by atoms with van der Waals surface area (Å²) in [6, 6.07) is 17.3. The molecule has 4 fully saturated rings. The van der Waals surface area contributed by atoms with Crippen LogP contribution in [0.2, 0.25) is 0 Å². The van der Waals surface area contributed by atoms with Crippen molar-refractivity contribution in [1.82, 2.24) is 4.90 Å². The number of benzene rings is 2. The Balaban J connectivity index is 1.17. The van der Waals surface area contributed by atoms with Gasteiger partial charge < -0.3 is 15.0 Å². The number of carbonyl (C=O) groups excluding carboxylic acids is 1. The minimum atomic E-state index is -0.250. The van der Waals surface area contributed by atoms with Crippen LogP contribution in [0.5, 0.6) is 0 Å². The molecule has 1 unspecified atom stereocenters. The van der Waals surface area contributed by atoms with Gasteiger partial charge in [0.1, 0.15) is 0 Å². The standard InChI is InChI=1S/C29H39N3O2/c1-4-34-28(33)21-9-12-24(13-10-21)32-17-15-31(16-18-32)20-22-7-5-6-8-26(22)30-27-14-11-23-19-25(27)29(23,2)3/h5-10,12-13,23,25,27,30H,4,11,14-20H2,1-3H3/t23-,25-,27?/m0/s1. The summed E-state index contributed by atoms with van der Waals surface area (Å²) in [5.41, 5.74) is 5.02. The van der Waals surface area contributed by atoms with Gasteiger partial charge in [0.2, 0.25) is 0 Å². The Bertz CT molecular complexity index is 993. The number of carbonyl (C=O) groups is 1. The van der Waals surface area contributed by atoms with Crippen molar-refractivity contribution < 1.29 is 9.53 Å². The van der Waals surface area contributed by atoms with E-state index in [2.05, 4.69) is 53.2 Å². The molecule has 3 aliphatic carbocycles. The van der Waals surface area contributed by atoms with Gasteiger partial charge in [0.05, 0.1) is 12.2 Å². The van der Waals surface area contributed by atoms with Gasteiger partial charge in [-0.2, -0.15) is 0 Å². The number of hydrogen-bond donors (Lipinski definition) is 1. The van der Waals surface area contributed by atoms with E-state index >= 15 is 0 Å². The molecule has 182 valence electrons. The Hall–Kier alpha value is -2.53. The zero-order valence-corrected chi connectivity index (χ0v) is 20.9. The molecule has 1 aliphatic heterocycles. The third-order valence-electron chi connectivity index (χ3n) is 8.73. The first-order valence-corrected chi connectivity index (χ1v) is 13.0. The average molecular weight is 462 g/mol. The molecule has 5 heteroatoms. The second kappa shape index (κ2) is 9.61. The van der Waals surface area contributed by atoms with Gasteiger partial charge in [0, 0.05) is 50.1 Å². The summed E-state index contributed by atoms with van der Waals surface area (Å²) >= 11 is 0. The summed E-state index contributed by atoms with van der Waals surface area (Å²) in [4.78, 5) is 16.9. The van der Waals surface area contributed by atoms with Gasteiger partial charge in [0.25, 0.3) is 0 Å². The maximum absolute atomic E-state index is 11.9. The predicted molar refractivity (Wildman–Crippen MR) is 138 cm³/mol. The van der Waals surface area contributed by atoms with Gasteiger partial charge in [-0.1, -0.05) is 32.0 Å². The normalized spacial score (nSPS) is 26.0. The van der Waals surface area contributed by atoms with Crippen LogP contribution in [0.15, 0.2) is 48.5 Å². The Labute approximate surface area is 204 Å². The van der Waals surface area contributed by atoms with E-state index in [1.165, 1.54) is 36.2 Å². The number of ether oxygens (including phenoxy) is 1. The SMILES string of the molecule is CCOC(=O)c1ccc(N2CCN(Cc3ccccc3NC3CC[C@H]4C[C@@H]3C4(C)C)CC2)cc1. The van der Waals surface area contributed by atoms with Crippen molar-refractivity contribution in [3.05, 3.63) is 59.7 Å². The van der Waals surface area contributed by atoms with Crippen molar-refractivity contribution in [2.24, 2.45) is 17.3 Å². The molecule has 4 aliphatic rings. The molecular weight excluding hydrogens is 422 g/mol. The molecule has 3 atom stereocenters. The molecule has 0 radical (unpaired) electrons. The fraction of sp³-hybridized carbons (Fsp3) is 0.552. The summed E-state index contributed by atoms with van der Waals surface area (Å²) in [7, 11) is 0. The number of piperazine rings is 1. The predicted octanol–water partition coefficient (Wildman–Crippen LogP) is 5.42. The monoisotopic (exact) mass is 461 g/mol. The number of nitrogens with one attached hydrogen (secondary N) is 1. The van der Waals surface area contributed by atoms with Crippen molar-refractivity contribution in [2.75, 3.05) is 43.0 Å². The highest BCUT2D eigenvalue weighted by Crippen LogP contribution is 2.59. The van der Waals surface area contributed by atoms with Crippen LogP contribution in [-0.4, -0.2) is 49.7 Å². The molecule has 2 bridgehead atoms. The maximum Gasteiger partial charge on any atom is 0.338 e. The van der Waals surface area contributed by atoms with Crippen molar-refractivity contribution >= 4 is 17.3 Å². The molecule has 5 nitrogen and oxygen atoms in total. The van der Waals surface area contributed by atoms with Crippen LogP contribution in [0.4, 0.5) is 11.4 Å². The van der Waals surface area contributed by atoms with E-state index in [4.69, 9.17) is 4.74 Å². The van der Waals surface area contributed by atoms with Crippen LogP contribution in [0.1, 0.15) is 56.0 Å². The number of hydrogen-bond acceptors (Lipinski definition) is 5. The van der Waals surface area contributed by atoms with E-state index in [1.54, 1.807) is 0 Å². The van der Waals surface area contributed by atoms with Crippen LogP contribution < -0.4 is 10.2 Å². The molecular formula is C29H39N3O2. The number of fused-ring (bicyclic) bond motifs is 2. The Morgan fingerprint density at radius 2 is 1.76 bits per heavy atom. The first-order chi connectivity index (χ1) is 16.5. The number of para-hydroxylation sites is 1. The van der Waals surface area contributed by atoms with Crippen molar-refractivity contribution in [2.45, 2.75) is 52.6 Å². The lowest BCUT2D eigenvalue weighted by Gasteiger charge is -2.60. The van der Waals surface area contributed by atoms with Gasteiger partial charge >= 0.3 is 5.97 Å². The number of esters is 1. The van der Waals surface area contributed by atoms with E-state index in [9.17, 15) is 4.79 Å². The first-order valence-electron chi connectivity index (χ1n) is 13.0. The third-order valence-corrected chi connectivity index (χ3v) is 8.73. The molecule has 2 aromatic carbocycles. The molecule has 1 N–H and O–H groups in total. The largest absolute Gasteiger partial charge is 0.462 e. The summed E-state index contributed by atoms with van der Waals surface area (Å²) in [6.07, 6.45) is 4.07. The molecule has 2 aromatic rings. The second-order valence-electron chi connectivity index (χ2n) is 10.9. The lowest BCUT2D eigenvalue weighted by Crippen LogP contribution is -2.56. The van der Waals surface area contributed by atoms with Crippen LogP contribution in [0.3, 0.4) is 0 Å². The molecule has 6 rings (SSSR count). The summed E-state index contributed by atoms with van der Waals surface area (Å²) in [5.74, 6) is 1.49. The average Bonchev–Trinajstić information content (AvgIpc) is 2.86. The minimum absolute atomic E-state index is 0.250. The van der Waals surface area contributed by atoms with Gasteiger partial charge in [-0.25, -0.2) is 4.79 Å². The van der Waals surface area contributed by atoms with Gasteiger partial charge in [-0.05, 0) is 79.3 Å². The van der Waals surface area contributed by atoms with E-state index < -0.39 is 0 Å². The summed E-state index contributed by atoms with van der Waals surface area (Å²) in [5, 5.41) is 3.97. The quantitative estimate of drug-likeness (QED) is 0.558. The van der Waals surface area contributed by atoms with Crippen LogP contribution in [0.25, 0.3) is 0 Å². The highest BCUT2D eigenvalue weighted by atomic mass is 16.5. The van der Waals surface area contributed by atoms with E-state index in [1.807, 2.05) is 31.2 Å². The molecule has 0 aromatic heterocycles. The van der Waals surface area contributed by atoms with Crippen LogP contribution in [0, 0.1) is 17.3 Å². The lowest BCUT2D eigenvalue weighted by atomic mass is 9.47. The zero-order valence-electron chi connectivity index (χ0n) is 20.9. The molecule has 0 spiro atoms. The molecule has 3 saturated carbocycles. The minimum Gasteiger partial charge on any atom is -0.462 e. The van der Waals surface area contributed by atoms with Crippen molar-refractivity contribution in [1.29, 1.82) is 0 Å². The number of rotatable bonds is 7. The van der Waals surface area contributed by atoms with E-state index in [0.717, 1.165) is 44.6 Å². The van der Waals surface area contributed by atoms with Gasteiger partial charge in [0.15, 0.2) is 0 Å². The zero-order chi connectivity index (χ0) is 23.7. The Morgan fingerprint density at radius 3 is 2.44 bits per heavy atom. The van der Waals surface area contributed by atoms with Crippen molar-refractivity contribution in [3.8, 4) is 0 Å². The Morgan fingerprint density at radius 1 is 1.03 bits per heavy atom. The first kappa shape index (κ1) is 23.2. The molecule has 34 heavy (non-hydrogen) atoms. The molecule has 1 heterocycles. The van der Waals surface area contributed by atoms with Crippen LogP contribution >= 0.6 is 0 Å². The highest BCUT2D eigenvalue weighted by molar-refractivity contribution is 5.89. The smallest absolute Gasteiger partial charge is 0.338 e. The maximum atomic E-state index is 11.9. The fourth-order valence-corrected chi connectivity index (χ4v) is 6.41. The number of nitrogens with zero attached hydrogens (tertiary/aromatic N) is 2. The molecule has 1 saturated heterocycles. The van der Waals surface area contributed by atoms with E-state index in [0.29, 0.717) is 23.6 Å². The fourth-order valence-electron chi connectivity index (χ4n) is 6.41. The second-order valence-corrected chi connectivity index (χ2v) is 10.9. The highest BCUT2D eigenvalue weighted by Gasteiger charge is 2.54. The lowest BCUT2D eigenvalue weighted by molar-refractivity contribution is -0.0728. The van der Waals surface area contributed by atoms with Crippen LogP contribution in [-0.2, 0) is 11.3 Å². The Kier molecular flexibility index (Phi) is 6.57. The number of anilines is 2. The summed E-state index contributed by atoms with van der Waals surface area (Å²) < 4.78 is 5.10. The summed E-state index contributed by atoms with van der Waals surface area (Å²) in [6.45, 7) is 12.2. The topological polar surface area (TPSA) is 44.8 Å². The van der Waals surface area contributed by atoms with Gasteiger partial charge in [-0.3, -0.25) is 4.90 Å². The molecule has 0 amide bonds. The van der Waals surface area contributed by atoms with E-state index in [-0.39, 0.29) is 5.97 Å². The van der Waals surface area contributed by atoms with Gasteiger partial charge in [-0.15, -0.1) is 0 Å².